The predicted octanol–water partition coefficient (Wildman–Crippen LogP) is 2.42. The minimum Gasteiger partial charge on any atom is -0.480 e. The number of anilines is 2. The van der Waals surface area contributed by atoms with Crippen molar-refractivity contribution >= 4 is 28.6 Å². The van der Waals surface area contributed by atoms with E-state index < -0.39 is 6.10 Å². The second-order valence-corrected chi connectivity index (χ2v) is 6.69. The Morgan fingerprint density at radius 1 is 1.00 bits per heavy atom. The van der Waals surface area contributed by atoms with Crippen LogP contribution in [0.3, 0.4) is 0 Å². The number of amides is 1. The second-order valence-electron chi connectivity index (χ2n) is 6.69. The Hall–Kier alpha value is -3.15. The summed E-state index contributed by atoms with van der Waals surface area (Å²) in [5.74, 6) is 2.09. The van der Waals surface area contributed by atoms with Crippen LogP contribution in [0.5, 0.6) is 5.75 Å². The van der Waals surface area contributed by atoms with Gasteiger partial charge in [0.1, 0.15) is 5.75 Å². The van der Waals surface area contributed by atoms with Crippen LogP contribution in [0, 0.1) is 0 Å². The first-order chi connectivity index (χ1) is 12.7. The fraction of sp³-hybridized carbons (Fsp3) is 0.250. The summed E-state index contributed by atoms with van der Waals surface area (Å²) < 4.78 is 5.90. The van der Waals surface area contributed by atoms with Crippen molar-refractivity contribution in [3.05, 3.63) is 54.1 Å². The highest BCUT2D eigenvalue weighted by Crippen LogP contribution is 2.34. The molecule has 1 aromatic heterocycles. The van der Waals surface area contributed by atoms with E-state index in [-0.39, 0.29) is 5.91 Å². The summed E-state index contributed by atoms with van der Waals surface area (Å²) in [7, 11) is 1.98. The van der Waals surface area contributed by atoms with Crippen LogP contribution in [0.4, 0.5) is 11.6 Å². The van der Waals surface area contributed by atoms with Gasteiger partial charge < -0.3 is 9.64 Å². The van der Waals surface area contributed by atoms with Gasteiger partial charge in [-0.25, -0.2) is 9.97 Å². The van der Waals surface area contributed by atoms with E-state index in [0.29, 0.717) is 25.3 Å². The van der Waals surface area contributed by atoms with Gasteiger partial charge in [-0.15, -0.1) is 0 Å². The van der Waals surface area contributed by atoms with Crippen LogP contribution in [-0.4, -0.2) is 42.1 Å². The van der Waals surface area contributed by atoms with Crippen LogP contribution in [0.1, 0.15) is 5.56 Å². The first-order valence-electron chi connectivity index (χ1n) is 8.74. The quantitative estimate of drug-likeness (QED) is 0.677. The van der Waals surface area contributed by atoms with Gasteiger partial charge in [0, 0.05) is 26.6 Å². The molecule has 6 heteroatoms. The number of hydrogen-bond acceptors (Lipinski definition) is 5. The Morgan fingerprint density at radius 2 is 1.69 bits per heavy atom. The summed E-state index contributed by atoms with van der Waals surface area (Å²) in [6.07, 6.45) is 0.0921. The molecule has 0 bridgehead atoms. The number of aromatic nitrogens is 2. The minimum atomic E-state index is -0.503. The Labute approximate surface area is 151 Å². The third-order valence-electron chi connectivity index (χ3n) is 5.00. The topological polar surface area (TPSA) is 58.6 Å². The number of ether oxygens (including phenoxy) is 1. The number of para-hydroxylation sites is 3. The summed E-state index contributed by atoms with van der Waals surface area (Å²) in [5.41, 5.74) is 2.69. The molecule has 2 aliphatic heterocycles. The molecule has 130 valence electrons. The van der Waals surface area contributed by atoms with Crippen LogP contribution in [-0.2, 0) is 11.2 Å². The largest absolute Gasteiger partial charge is 0.480 e. The van der Waals surface area contributed by atoms with Gasteiger partial charge >= 0.3 is 0 Å². The summed E-state index contributed by atoms with van der Waals surface area (Å²) in [6, 6.07) is 15.5. The lowest BCUT2D eigenvalue weighted by Crippen LogP contribution is -2.48. The summed E-state index contributed by atoms with van der Waals surface area (Å²) in [5, 5.41) is 0. The maximum Gasteiger partial charge on any atom is 0.269 e. The minimum absolute atomic E-state index is 0.0554. The number of rotatable bonds is 1. The van der Waals surface area contributed by atoms with Crippen LogP contribution < -0.4 is 14.5 Å². The molecule has 0 saturated carbocycles. The van der Waals surface area contributed by atoms with E-state index in [1.807, 2.05) is 60.5 Å². The number of benzene rings is 2. The fourth-order valence-corrected chi connectivity index (χ4v) is 3.59. The highest BCUT2D eigenvalue weighted by molar-refractivity contribution is 6.00. The molecule has 1 amide bonds. The van der Waals surface area contributed by atoms with Crippen LogP contribution in [0.2, 0.25) is 0 Å². The molecule has 26 heavy (non-hydrogen) atoms. The van der Waals surface area contributed by atoms with Gasteiger partial charge in [-0.3, -0.25) is 9.69 Å². The van der Waals surface area contributed by atoms with Gasteiger partial charge in [-0.05, 0) is 23.8 Å². The highest BCUT2D eigenvalue weighted by atomic mass is 16.5. The van der Waals surface area contributed by atoms with Gasteiger partial charge in [0.25, 0.3) is 5.91 Å². The Bertz CT molecular complexity index is 995. The number of fused-ring (bicyclic) bond motifs is 3. The zero-order chi connectivity index (χ0) is 17.7. The molecule has 0 aliphatic carbocycles. The van der Waals surface area contributed by atoms with Gasteiger partial charge in [0.15, 0.2) is 17.7 Å². The van der Waals surface area contributed by atoms with E-state index in [9.17, 15) is 4.79 Å². The molecule has 2 aromatic carbocycles. The predicted molar refractivity (Wildman–Crippen MR) is 99.7 cm³/mol. The first kappa shape index (κ1) is 15.1. The normalized spacial score (nSPS) is 18.4. The van der Waals surface area contributed by atoms with E-state index in [0.717, 1.165) is 28.2 Å². The molecule has 5 rings (SSSR count). The third kappa shape index (κ3) is 2.29. The van der Waals surface area contributed by atoms with Crippen molar-refractivity contribution < 1.29 is 9.53 Å². The smallest absolute Gasteiger partial charge is 0.269 e. The molecule has 1 unspecified atom stereocenters. The first-order valence-corrected chi connectivity index (χ1v) is 8.74. The van der Waals surface area contributed by atoms with E-state index in [1.165, 1.54) is 0 Å². The number of hydrogen-bond donors (Lipinski definition) is 0. The van der Waals surface area contributed by atoms with Gasteiger partial charge in [-0.1, -0.05) is 30.3 Å². The van der Waals surface area contributed by atoms with Crippen molar-refractivity contribution in [2.45, 2.75) is 12.5 Å². The second kappa shape index (κ2) is 5.69. The maximum absolute atomic E-state index is 13.2. The molecule has 0 spiro atoms. The molecular formula is C20H18N4O2. The van der Waals surface area contributed by atoms with Crippen molar-refractivity contribution in [3.8, 4) is 5.75 Å². The van der Waals surface area contributed by atoms with Crippen LogP contribution >= 0.6 is 0 Å². The molecule has 0 radical (unpaired) electrons. The zero-order valence-corrected chi connectivity index (χ0v) is 14.4. The standard InChI is InChI=1S/C20H18N4O2/c1-23-10-11-24(19-18(23)21-14-7-3-4-8-15(14)22-19)20(25)17-12-13-6-2-5-9-16(13)26-17/h2-9,17H,10-12H2,1H3. The molecule has 3 heterocycles. The van der Waals surface area contributed by atoms with Crippen LogP contribution in [0.15, 0.2) is 48.5 Å². The lowest BCUT2D eigenvalue weighted by Gasteiger charge is -2.34. The summed E-state index contributed by atoms with van der Waals surface area (Å²) in [6.45, 7) is 1.29. The monoisotopic (exact) mass is 346 g/mol. The Morgan fingerprint density at radius 3 is 2.46 bits per heavy atom. The molecule has 3 aromatic rings. The zero-order valence-electron chi connectivity index (χ0n) is 14.4. The number of carbonyl (C=O) groups excluding carboxylic acids is 1. The van der Waals surface area contributed by atoms with Gasteiger partial charge in [0.2, 0.25) is 0 Å². The van der Waals surface area contributed by atoms with Crippen molar-refractivity contribution in [1.82, 2.24) is 9.97 Å². The Balaban J connectivity index is 1.52. The van der Waals surface area contributed by atoms with Crippen molar-refractivity contribution in [3.63, 3.8) is 0 Å². The molecular weight excluding hydrogens is 328 g/mol. The molecule has 2 aliphatic rings. The van der Waals surface area contributed by atoms with Crippen LogP contribution in [0.25, 0.3) is 11.0 Å². The lowest BCUT2D eigenvalue weighted by molar-refractivity contribution is -0.124. The van der Waals surface area contributed by atoms with Gasteiger partial charge in [0.05, 0.1) is 11.0 Å². The number of nitrogens with zero attached hydrogens (tertiary/aromatic N) is 4. The number of carbonyl (C=O) groups is 1. The molecule has 0 saturated heterocycles. The average molecular weight is 346 g/mol. The maximum atomic E-state index is 13.2. The van der Waals surface area contributed by atoms with Crippen molar-refractivity contribution in [1.29, 1.82) is 0 Å². The van der Waals surface area contributed by atoms with Crippen molar-refractivity contribution in [2.24, 2.45) is 0 Å². The van der Waals surface area contributed by atoms with E-state index in [4.69, 9.17) is 14.7 Å². The molecule has 0 N–H and O–H groups in total. The summed E-state index contributed by atoms with van der Waals surface area (Å²) in [4.78, 5) is 26.4. The van der Waals surface area contributed by atoms with Crippen molar-refractivity contribution in [2.75, 3.05) is 29.9 Å². The fourth-order valence-electron chi connectivity index (χ4n) is 3.59. The van der Waals surface area contributed by atoms with E-state index >= 15 is 0 Å². The molecule has 6 nitrogen and oxygen atoms in total. The van der Waals surface area contributed by atoms with E-state index in [1.54, 1.807) is 4.90 Å². The lowest BCUT2D eigenvalue weighted by atomic mass is 10.1. The molecule has 1 atom stereocenters. The SMILES string of the molecule is CN1CCN(C(=O)C2Cc3ccccc3O2)c2nc3ccccc3nc21. The van der Waals surface area contributed by atoms with E-state index in [2.05, 4.69) is 0 Å². The summed E-state index contributed by atoms with van der Waals surface area (Å²) >= 11 is 0. The third-order valence-corrected chi connectivity index (χ3v) is 5.00. The average Bonchev–Trinajstić information content (AvgIpc) is 3.11. The Kier molecular flexibility index (Phi) is 3.31. The number of likely N-dealkylation sites (N-methyl/N-ethyl adjacent to an activating group) is 1. The highest BCUT2D eigenvalue weighted by Gasteiger charge is 2.36. The van der Waals surface area contributed by atoms with Gasteiger partial charge in [-0.2, -0.15) is 0 Å². The molecule has 0 fully saturated rings.